The molecule has 35 heavy (non-hydrogen) atoms. The van der Waals surface area contributed by atoms with Gasteiger partial charge in [0.25, 0.3) is 0 Å². The minimum atomic E-state index is -4.38. The quantitative estimate of drug-likeness (QED) is 0.265. The fraction of sp³-hybridized carbons (Fsp3) is 0.292. The van der Waals surface area contributed by atoms with Crippen LogP contribution in [0.1, 0.15) is 47.3 Å². The summed E-state index contributed by atoms with van der Waals surface area (Å²) in [7, 11) is 0. The summed E-state index contributed by atoms with van der Waals surface area (Å²) < 4.78 is 49.1. The third-order valence-electron chi connectivity index (χ3n) is 5.24. The Hall–Kier alpha value is -3.11. The van der Waals surface area contributed by atoms with Crippen molar-refractivity contribution in [2.75, 3.05) is 0 Å². The monoisotopic (exact) mass is 523 g/mol. The number of unbranched alkanes of at least 4 members (excludes halogenated alkanes) is 1. The lowest BCUT2D eigenvalue weighted by atomic mass is 10.1. The van der Waals surface area contributed by atoms with Crippen LogP contribution >= 0.6 is 22.9 Å². The van der Waals surface area contributed by atoms with Crippen LogP contribution in [0.25, 0.3) is 10.6 Å². The zero-order chi connectivity index (χ0) is 25.0. The van der Waals surface area contributed by atoms with Gasteiger partial charge in [0.2, 0.25) is 0 Å². The van der Waals surface area contributed by atoms with E-state index in [-0.39, 0.29) is 6.61 Å². The first-order chi connectivity index (χ1) is 16.7. The number of ether oxygens (including phenoxy) is 1. The molecule has 0 aliphatic rings. The molecule has 0 aliphatic heterocycles. The number of aromatic nitrogens is 3. The van der Waals surface area contributed by atoms with Crippen LogP contribution in [0.4, 0.5) is 13.2 Å². The third-order valence-corrected chi connectivity index (χ3v) is 6.71. The molecule has 0 atom stereocenters. The number of alkyl halides is 3. The van der Waals surface area contributed by atoms with Crippen molar-refractivity contribution in [3.63, 3.8) is 0 Å². The van der Waals surface area contributed by atoms with Gasteiger partial charge in [0.1, 0.15) is 17.4 Å². The minimum absolute atomic E-state index is 0.254. The van der Waals surface area contributed by atoms with Crippen molar-refractivity contribution < 1.29 is 22.4 Å². The van der Waals surface area contributed by atoms with Gasteiger partial charge in [-0.25, -0.2) is 9.78 Å². The molecule has 2 aromatic heterocycles. The molecule has 0 radical (unpaired) electrons. The van der Waals surface area contributed by atoms with E-state index < -0.39 is 17.5 Å². The smallest absolute Gasteiger partial charge is 0.438 e. The fourth-order valence-electron chi connectivity index (χ4n) is 3.39. The SMILES string of the molecule is CCCCc1nc(-c2ccc(C(F)(F)F)cc2)sc1COc1ccc(Cc2noc(=O)[nH]2)c(Cl)c1. The Kier molecular flexibility index (Phi) is 7.61. The van der Waals surface area contributed by atoms with E-state index in [1.807, 2.05) is 0 Å². The molecule has 0 spiro atoms. The second kappa shape index (κ2) is 10.7. The number of nitrogens with one attached hydrogen (secondary N) is 1. The molecule has 1 N–H and O–H groups in total. The first kappa shape index (κ1) is 25.0. The zero-order valence-corrected chi connectivity index (χ0v) is 20.2. The van der Waals surface area contributed by atoms with Gasteiger partial charge in [0, 0.05) is 17.0 Å². The largest absolute Gasteiger partial charge is 0.488 e. The normalized spacial score (nSPS) is 11.7. The van der Waals surface area contributed by atoms with Crippen LogP contribution in [-0.4, -0.2) is 15.1 Å². The van der Waals surface area contributed by atoms with E-state index in [0.29, 0.717) is 33.6 Å². The van der Waals surface area contributed by atoms with E-state index in [0.717, 1.165) is 47.5 Å². The average Bonchev–Trinajstić information content (AvgIpc) is 3.43. The van der Waals surface area contributed by atoms with Crippen molar-refractivity contribution in [3.8, 4) is 16.3 Å². The zero-order valence-electron chi connectivity index (χ0n) is 18.6. The molecule has 0 bridgehead atoms. The van der Waals surface area contributed by atoms with E-state index >= 15 is 0 Å². The maximum absolute atomic E-state index is 12.9. The molecule has 0 unspecified atom stereocenters. The summed E-state index contributed by atoms with van der Waals surface area (Å²) in [6.07, 6.45) is -1.40. The van der Waals surface area contributed by atoms with Crippen molar-refractivity contribution in [1.82, 2.24) is 15.1 Å². The summed E-state index contributed by atoms with van der Waals surface area (Å²) >= 11 is 7.78. The second-order valence-corrected chi connectivity index (χ2v) is 9.32. The van der Waals surface area contributed by atoms with Crippen LogP contribution in [0.3, 0.4) is 0 Å². The van der Waals surface area contributed by atoms with Crippen molar-refractivity contribution in [2.24, 2.45) is 0 Å². The van der Waals surface area contributed by atoms with E-state index in [1.54, 1.807) is 18.2 Å². The van der Waals surface area contributed by atoms with Crippen LogP contribution in [-0.2, 0) is 25.6 Å². The van der Waals surface area contributed by atoms with Crippen molar-refractivity contribution in [3.05, 3.63) is 85.6 Å². The maximum Gasteiger partial charge on any atom is 0.438 e. The predicted molar refractivity (Wildman–Crippen MR) is 127 cm³/mol. The highest BCUT2D eigenvalue weighted by atomic mass is 35.5. The standard InChI is InChI=1S/C24H21ClF3N3O3S/c1-2-3-4-19-20(35-22(29-19)14-5-8-16(9-6-14)24(26,27)28)13-33-17-10-7-15(18(25)12-17)11-21-30-23(32)34-31-21/h5-10,12H,2-4,11,13H2,1H3,(H,30,31,32). The summed E-state index contributed by atoms with van der Waals surface area (Å²) in [6.45, 7) is 2.33. The number of hydrogen-bond acceptors (Lipinski definition) is 6. The highest BCUT2D eigenvalue weighted by Gasteiger charge is 2.30. The summed E-state index contributed by atoms with van der Waals surface area (Å²) in [5.41, 5.74) is 1.56. The molecule has 2 heterocycles. The van der Waals surface area contributed by atoms with Crippen LogP contribution in [0.5, 0.6) is 5.75 Å². The van der Waals surface area contributed by atoms with E-state index in [9.17, 15) is 18.0 Å². The van der Waals surface area contributed by atoms with Gasteiger partial charge < -0.3 is 4.74 Å². The van der Waals surface area contributed by atoms with Crippen molar-refractivity contribution >= 4 is 22.9 Å². The molecule has 0 amide bonds. The Morgan fingerprint density at radius 1 is 1.17 bits per heavy atom. The highest BCUT2D eigenvalue weighted by Crippen LogP contribution is 2.34. The molecular formula is C24H21ClF3N3O3S. The van der Waals surface area contributed by atoms with Crippen LogP contribution in [0.2, 0.25) is 5.02 Å². The lowest BCUT2D eigenvalue weighted by Gasteiger charge is -2.09. The van der Waals surface area contributed by atoms with Crippen LogP contribution in [0.15, 0.2) is 51.8 Å². The predicted octanol–water partition coefficient (Wildman–Crippen LogP) is 6.67. The number of hydrogen-bond donors (Lipinski definition) is 1. The molecule has 4 rings (SSSR count). The fourth-order valence-corrected chi connectivity index (χ4v) is 4.65. The molecule has 184 valence electrons. The Morgan fingerprint density at radius 3 is 2.57 bits per heavy atom. The van der Waals surface area contributed by atoms with Gasteiger partial charge in [-0.15, -0.1) is 11.3 Å². The van der Waals surface area contributed by atoms with Gasteiger partial charge in [-0.3, -0.25) is 9.51 Å². The number of benzene rings is 2. The van der Waals surface area contributed by atoms with Gasteiger partial charge in [-0.2, -0.15) is 13.2 Å². The number of aryl methyl sites for hydroxylation is 1. The van der Waals surface area contributed by atoms with Gasteiger partial charge in [0.15, 0.2) is 5.82 Å². The van der Waals surface area contributed by atoms with Crippen LogP contribution < -0.4 is 10.5 Å². The van der Waals surface area contributed by atoms with Crippen molar-refractivity contribution in [2.45, 2.75) is 45.4 Å². The molecule has 4 aromatic rings. The molecule has 6 nitrogen and oxygen atoms in total. The number of rotatable bonds is 9. The van der Waals surface area contributed by atoms with Crippen molar-refractivity contribution in [1.29, 1.82) is 0 Å². The van der Waals surface area contributed by atoms with E-state index in [4.69, 9.17) is 16.3 Å². The lowest BCUT2D eigenvalue weighted by molar-refractivity contribution is -0.137. The molecule has 0 saturated heterocycles. The van der Waals surface area contributed by atoms with E-state index in [2.05, 4.69) is 26.6 Å². The number of thiazole rings is 1. The summed E-state index contributed by atoms with van der Waals surface area (Å²) in [5.74, 6) is 0.292. The van der Waals surface area contributed by atoms with Gasteiger partial charge in [-0.05, 0) is 42.7 Å². The number of H-pyrrole nitrogens is 1. The molecule has 0 aliphatic carbocycles. The average molecular weight is 524 g/mol. The molecule has 11 heteroatoms. The summed E-state index contributed by atoms with van der Waals surface area (Å²) in [6, 6.07) is 10.2. The Morgan fingerprint density at radius 2 is 1.94 bits per heavy atom. The maximum atomic E-state index is 12.9. The topological polar surface area (TPSA) is 81.0 Å². The first-order valence-corrected chi connectivity index (χ1v) is 12.0. The van der Waals surface area contributed by atoms with E-state index in [1.165, 1.54) is 23.5 Å². The number of nitrogens with zero attached hydrogens (tertiary/aromatic N) is 2. The second-order valence-electron chi connectivity index (χ2n) is 7.83. The summed E-state index contributed by atoms with van der Waals surface area (Å²) in [5, 5.41) is 4.74. The van der Waals surface area contributed by atoms with Crippen LogP contribution in [0, 0.1) is 0 Å². The summed E-state index contributed by atoms with van der Waals surface area (Å²) in [4.78, 5) is 19.2. The Labute approximate surface area is 207 Å². The minimum Gasteiger partial charge on any atom is -0.488 e. The van der Waals surface area contributed by atoms with Gasteiger partial charge in [0.05, 0.1) is 16.1 Å². The Balaban J connectivity index is 1.49. The molecule has 0 fully saturated rings. The Bertz CT molecular complexity index is 1350. The highest BCUT2D eigenvalue weighted by molar-refractivity contribution is 7.15. The van der Waals surface area contributed by atoms with Gasteiger partial charge in [-0.1, -0.05) is 48.3 Å². The third kappa shape index (κ3) is 6.32. The van der Waals surface area contributed by atoms with Gasteiger partial charge >= 0.3 is 11.9 Å². The number of halogens is 4. The number of aromatic amines is 1. The lowest BCUT2D eigenvalue weighted by Crippen LogP contribution is -2.03. The molecule has 0 saturated carbocycles. The first-order valence-electron chi connectivity index (χ1n) is 10.8. The molecule has 2 aromatic carbocycles. The molecular weight excluding hydrogens is 503 g/mol.